The van der Waals surface area contributed by atoms with Crippen LogP contribution in [0.1, 0.15) is 5.56 Å². The molecule has 2 aromatic rings. The van der Waals surface area contributed by atoms with Crippen LogP contribution in [0.5, 0.6) is 0 Å². The van der Waals surface area contributed by atoms with E-state index in [1.165, 1.54) is 31.3 Å². The van der Waals surface area contributed by atoms with Crippen LogP contribution < -0.4 is 5.56 Å². The highest BCUT2D eigenvalue weighted by molar-refractivity contribution is 7.89. The minimum atomic E-state index is -3.67. The molecule has 1 heterocycles. The second kappa shape index (κ2) is 7.62. The summed E-state index contributed by atoms with van der Waals surface area (Å²) < 4.78 is 26.5. The summed E-state index contributed by atoms with van der Waals surface area (Å²) in [6, 6.07) is 11.9. The lowest BCUT2D eigenvalue weighted by Gasteiger charge is -2.18. The summed E-state index contributed by atoms with van der Waals surface area (Å²) in [6.45, 7) is 0.184. The molecule has 0 aliphatic heterocycles. The highest BCUT2D eigenvalue weighted by Gasteiger charge is 2.19. The van der Waals surface area contributed by atoms with Crippen molar-refractivity contribution >= 4 is 15.9 Å². The van der Waals surface area contributed by atoms with Gasteiger partial charge in [-0.3, -0.25) is 9.59 Å². The third kappa shape index (κ3) is 4.55. The standard InChI is InChI=1S/C17H21N3O4S/c1-18(2)25(23,24)15-9-10-16(21)20(12-15)13-17(22)19(3)11-14-7-5-4-6-8-14/h4-10,12H,11,13H2,1-3H3. The van der Waals surface area contributed by atoms with E-state index < -0.39 is 15.6 Å². The van der Waals surface area contributed by atoms with Crippen LogP contribution in [0.15, 0.2) is 58.4 Å². The number of carbonyl (C=O) groups is 1. The van der Waals surface area contributed by atoms with Crippen molar-refractivity contribution in [2.45, 2.75) is 18.0 Å². The average Bonchev–Trinajstić information content (AvgIpc) is 2.57. The van der Waals surface area contributed by atoms with Crippen molar-refractivity contribution in [2.24, 2.45) is 0 Å². The number of nitrogens with zero attached hydrogens (tertiary/aromatic N) is 3. The van der Waals surface area contributed by atoms with Crippen LogP contribution in [0.4, 0.5) is 0 Å². The highest BCUT2D eigenvalue weighted by atomic mass is 32.2. The minimum Gasteiger partial charge on any atom is -0.340 e. The van der Waals surface area contributed by atoms with Crippen molar-refractivity contribution in [2.75, 3.05) is 21.1 Å². The molecule has 0 spiro atoms. The summed E-state index contributed by atoms with van der Waals surface area (Å²) in [7, 11) is 0.780. The maximum absolute atomic E-state index is 12.4. The van der Waals surface area contributed by atoms with Crippen LogP contribution in [0, 0.1) is 0 Å². The summed E-state index contributed by atoms with van der Waals surface area (Å²) in [4.78, 5) is 25.8. The number of hydrogen-bond donors (Lipinski definition) is 0. The van der Waals surface area contributed by atoms with Gasteiger partial charge in [-0.1, -0.05) is 30.3 Å². The zero-order valence-corrected chi connectivity index (χ0v) is 15.2. The van der Waals surface area contributed by atoms with Crippen molar-refractivity contribution in [3.05, 3.63) is 64.6 Å². The molecule has 0 bridgehead atoms. The monoisotopic (exact) mass is 363 g/mol. The Bertz CT molecular complexity index is 905. The SMILES string of the molecule is CN(Cc1ccccc1)C(=O)Cn1cc(S(=O)(=O)N(C)C)ccc1=O. The highest BCUT2D eigenvalue weighted by Crippen LogP contribution is 2.11. The van der Waals surface area contributed by atoms with E-state index >= 15 is 0 Å². The Morgan fingerprint density at radius 1 is 1.04 bits per heavy atom. The van der Waals surface area contributed by atoms with Crippen molar-refractivity contribution in [1.29, 1.82) is 0 Å². The molecular weight excluding hydrogens is 342 g/mol. The largest absolute Gasteiger partial charge is 0.340 e. The number of carbonyl (C=O) groups excluding carboxylic acids is 1. The van der Waals surface area contributed by atoms with Gasteiger partial charge in [0.25, 0.3) is 5.56 Å². The first kappa shape index (κ1) is 18.9. The fourth-order valence-electron chi connectivity index (χ4n) is 2.21. The first-order chi connectivity index (χ1) is 11.7. The third-order valence-electron chi connectivity index (χ3n) is 3.73. The number of likely N-dealkylation sites (N-methyl/N-ethyl adjacent to an activating group) is 1. The van der Waals surface area contributed by atoms with Crippen molar-refractivity contribution in [3.63, 3.8) is 0 Å². The summed E-state index contributed by atoms with van der Waals surface area (Å²) in [5.74, 6) is -0.287. The molecule has 25 heavy (non-hydrogen) atoms. The van der Waals surface area contributed by atoms with Gasteiger partial charge in [0, 0.05) is 40.0 Å². The van der Waals surface area contributed by atoms with E-state index in [0.717, 1.165) is 20.5 Å². The van der Waals surface area contributed by atoms with Gasteiger partial charge in [-0.2, -0.15) is 0 Å². The quantitative estimate of drug-likeness (QED) is 0.759. The molecule has 7 nitrogen and oxygen atoms in total. The summed E-state index contributed by atoms with van der Waals surface area (Å²) in [6.07, 6.45) is 1.20. The van der Waals surface area contributed by atoms with Crippen LogP contribution in [-0.2, 0) is 27.9 Å². The predicted molar refractivity (Wildman–Crippen MR) is 94.5 cm³/mol. The molecule has 8 heteroatoms. The van der Waals surface area contributed by atoms with Crippen LogP contribution >= 0.6 is 0 Å². The lowest BCUT2D eigenvalue weighted by molar-refractivity contribution is -0.131. The van der Waals surface area contributed by atoms with E-state index in [4.69, 9.17) is 0 Å². The molecule has 0 saturated heterocycles. The normalized spacial score (nSPS) is 11.5. The van der Waals surface area contributed by atoms with E-state index in [0.29, 0.717) is 6.54 Å². The van der Waals surface area contributed by atoms with Crippen molar-refractivity contribution in [1.82, 2.24) is 13.8 Å². The number of rotatable bonds is 6. The molecule has 1 amide bonds. The van der Waals surface area contributed by atoms with Crippen molar-refractivity contribution in [3.8, 4) is 0 Å². The molecule has 2 rings (SSSR count). The Balaban J connectivity index is 2.19. The molecule has 0 fully saturated rings. The van der Waals surface area contributed by atoms with Gasteiger partial charge in [0.15, 0.2) is 0 Å². The number of pyridine rings is 1. The lowest BCUT2D eigenvalue weighted by atomic mass is 10.2. The van der Waals surface area contributed by atoms with Gasteiger partial charge in [0.05, 0.1) is 4.90 Å². The zero-order valence-electron chi connectivity index (χ0n) is 14.4. The molecule has 1 aromatic carbocycles. The van der Waals surface area contributed by atoms with Crippen LogP contribution in [0.3, 0.4) is 0 Å². The Labute approximate surface area is 147 Å². The Morgan fingerprint density at radius 2 is 1.68 bits per heavy atom. The molecule has 0 atom stereocenters. The fourth-order valence-corrected chi connectivity index (χ4v) is 3.13. The molecule has 0 radical (unpaired) electrons. The van der Waals surface area contributed by atoms with E-state index in [-0.39, 0.29) is 17.3 Å². The molecule has 0 aliphatic rings. The average molecular weight is 363 g/mol. The third-order valence-corrected chi connectivity index (χ3v) is 5.53. The maximum Gasteiger partial charge on any atom is 0.251 e. The predicted octanol–water partition coefficient (Wildman–Crippen LogP) is 0.757. The molecule has 134 valence electrons. The Kier molecular flexibility index (Phi) is 5.76. The fraction of sp³-hybridized carbons (Fsp3) is 0.294. The van der Waals surface area contributed by atoms with Crippen molar-refractivity contribution < 1.29 is 13.2 Å². The molecular formula is C17H21N3O4S. The van der Waals surface area contributed by atoms with Gasteiger partial charge >= 0.3 is 0 Å². The second-order valence-corrected chi connectivity index (χ2v) is 8.01. The Hall–Kier alpha value is -2.45. The molecule has 1 aromatic heterocycles. The van der Waals surface area contributed by atoms with Gasteiger partial charge in [0.2, 0.25) is 15.9 Å². The zero-order chi connectivity index (χ0) is 18.6. The number of hydrogen-bond acceptors (Lipinski definition) is 4. The van der Waals surface area contributed by atoms with Crippen LogP contribution in [0.25, 0.3) is 0 Å². The number of benzene rings is 1. The van der Waals surface area contributed by atoms with Crippen LogP contribution in [0.2, 0.25) is 0 Å². The summed E-state index contributed by atoms with van der Waals surface area (Å²) in [5.41, 5.74) is 0.536. The van der Waals surface area contributed by atoms with E-state index in [2.05, 4.69) is 0 Å². The first-order valence-electron chi connectivity index (χ1n) is 7.62. The number of amides is 1. The lowest BCUT2D eigenvalue weighted by Crippen LogP contribution is -2.34. The van der Waals surface area contributed by atoms with E-state index in [1.807, 2.05) is 30.3 Å². The molecule has 0 N–H and O–H groups in total. The minimum absolute atomic E-state index is 0.0318. The number of sulfonamides is 1. The Morgan fingerprint density at radius 3 is 2.28 bits per heavy atom. The number of aromatic nitrogens is 1. The molecule has 0 unspecified atom stereocenters. The molecule has 0 aliphatic carbocycles. The first-order valence-corrected chi connectivity index (χ1v) is 9.07. The van der Waals surface area contributed by atoms with Crippen LogP contribution in [-0.4, -0.2) is 49.2 Å². The van der Waals surface area contributed by atoms with Gasteiger partial charge in [-0.25, -0.2) is 12.7 Å². The summed E-state index contributed by atoms with van der Waals surface area (Å²) >= 11 is 0. The van der Waals surface area contributed by atoms with E-state index in [1.54, 1.807) is 7.05 Å². The smallest absolute Gasteiger partial charge is 0.251 e. The van der Waals surface area contributed by atoms with Gasteiger partial charge < -0.3 is 9.47 Å². The van der Waals surface area contributed by atoms with Gasteiger partial charge in [0.1, 0.15) is 6.54 Å². The van der Waals surface area contributed by atoms with Gasteiger partial charge in [-0.15, -0.1) is 0 Å². The topological polar surface area (TPSA) is 79.7 Å². The second-order valence-electron chi connectivity index (χ2n) is 5.85. The summed E-state index contributed by atoms with van der Waals surface area (Å²) in [5, 5.41) is 0. The maximum atomic E-state index is 12.4. The van der Waals surface area contributed by atoms with Gasteiger partial charge in [-0.05, 0) is 11.6 Å². The molecule has 0 saturated carbocycles. The van der Waals surface area contributed by atoms with E-state index in [9.17, 15) is 18.0 Å².